The fourth-order valence-corrected chi connectivity index (χ4v) is 3.25. The van der Waals surface area contributed by atoms with Gasteiger partial charge in [-0.1, -0.05) is 20.8 Å². The topological polar surface area (TPSA) is 71.3 Å². The van der Waals surface area contributed by atoms with Crippen LogP contribution in [0.1, 0.15) is 56.3 Å². The van der Waals surface area contributed by atoms with Crippen molar-refractivity contribution in [3.63, 3.8) is 0 Å². The van der Waals surface area contributed by atoms with Crippen LogP contribution in [-0.2, 0) is 17.8 Å². The predicted octanol–water partition coefficient (Wildman–Crippen LogP) is 4.01. The molecule has 3 rings (SSSR count). The number of anilines is 2. The van der Waals surface area contributed by atoms with Crippen molar-refractivity contribution in [3.8, 4) is 0 Å². The van der Waals surface area contributed by atoms with Crippen LogP contribution in [0.25, 0.3) is 0 Å². The molecule has 1 aliphatic heterocycles. The maximum absolute atomic E-state index is 12.3. The first-order valence-electron chi connectivity index (χ1n) is 9.17. The number of aryl methyl sites for hydroxylation is 3. The second kappa shape index (κ2) is 7.09. The normalized spacial score (nSPS) is 14.3. The fraction of sp³-hybridized carbons (Fsp3) is 0.550. The maximum atomic E-state index is 12.3. The molecule has 0 aromatic carbocycles. The minimum atomic E-state index is -0.0437. The van der Waals surface area contributed by atoms with E-state index in [2.05, 4.69) is 42.0 Å². The van der Waals surface area contributed by atoms with Gasteiger partial charge in [0.25, 0.3) is 0 Å². The highest BCUT2D eigenvalue weighted by Gasteiger charge is 2.23. The molecule has 6 heteroatoms. The second-order valence-corrected chi connectivity index (χ2v) is 8.29. The molecule has 26 heavy (non-hydrogen) atoms. The lowest BCUT2D eigenvalue weighted by Gasteiger charge is -2.31. The molecule has 0 atom stereocenters. The average Bonchev–Trinajstić information content (AvgIpc) is 2.92. The summed E-state index contributed by atoms with van der Waals surface area (Å²) >= 11 is 0. The van der Waals surface area contributed by atoms with Gasteiger partial charge in [0.2, 0.25) is 5.91 Å². The number of carbonyl (C=O) groups is 1. The van der Waals surface area contributed by atoms with E-state index in [1.165, 1.54) is 6.39 Å². The molecule has 0 bridgehead atoms. The summed E-state index contributed by atoms with van der Waals surface area (Å²) in [4.78, 5) is 23.5. The molecule has 3 heterocycles. The highest BCUT2D eigenvalue weighted by Crippen LogP contribution is 2.31. The van der Waals surface area contributed by atoms with Crippen LogP contribution in [0.4, 0.5) is 11.5 Å². The molecule has 2 aromatic rings. The Bertz CT molecular complexity index is 805. The molecule has 2 aromatic heterocycles. The standard InChI is InChI=1S/C20H28N4O2/c1-13-9-16-15(22-19(13)23-18(25)10-20(3,4)5)7-6-8-24(16)11-17-14(2)21-12-26-17/h9,12H,6-8,10-11H2,1-5H3,(H,22,23,25). The van der Waals surface area contributed by atoms with Gasteiger partial charge in [-0.2, -0.15) is 0 Å². The van der Waals surface area contributed by atoms with E-state index in [0.29, 0.717) is 18.8 Å². The van der Waals surface area contributed by atoms with Gasteiger partial charge in [0.15, 0.2) is 6.39 Å². The van der Waals surface area contributed by atoms with E-state index in [9.17, 15) is 4.79 Å². The van der Waals surface area contributed by atoms with Gasteiger partial charge >= 0.3 is 0 Å². The average molecular weight is 356 g/mol. The zero-order chi connectivity index (χ0) is 18.9. The van der Waals surface area contributed by atoms with Crippen molar-refractivity contribution in [1.82, 2.24) is 9.97 Å². The van der Waals surface area contributed by atoms with Crippen molar-refractivity contribution in [2.75, 3.05) is 16.8 Å². The number of aromatic nitrogens is 2. The van der Waals surface area contributed by atoms with Crippen LogP contribution >= 0.6 is 0 Å². The SMILES string of the molecule is Cc1cc2c(nc1NC(=O)CC(C)(C)C)CCCN2Cc1ocnc1C. The van der Waals surface area contributed by atoms with Gasteiger partial charge in [0.1, 0.15) is 11.6 Å². The molecule has 1 amide bonds. The van der Waals surface area contributed by atoms with E-state index >= 15 is 0 Å². The third-order valence-corrected chi connectivity index (χ3v) is 4.58. The van der Waals surface area contributed by atoms with Crippen molar-refractivity contribution < 1.29 is 9.21 Å². The Morgan fingerprint density at radius 1 is 1.35 bits per heavy atom. The van der Waals surface area contributed by atoms with Gasteiger partial charge in [0.05, 0.1) is 23.6 Å². The summed E-state index contributed by atoms with van der Waals surface area (Å²) in [5.41, 5.74) is 4.02. The number of oxazole rings is 1. The van der Waals surface area contributed by atoms with Gasteiger partial charge in [-0.15, -0.1) is 0 Å². The summed E-state index contributed by atoms with van der Waals surface area (Å²) in [6, 6.07) is 2.12. The highest BCUT2D eigenvalue weighted by atomic mass is 16.3. The van der Waals surface area contributed by atoms with Crippen molar-refractivity contribution in [2.45, 2.75) is 60.4 Å². The second-order valence-electron chi connectivity index (χ2n) is 8.29. The Labute approximate surface area is 155 Å². The molecule has 0 radical (unpaired) electrons. The lowest BCUT2D eigenvalue weighted by molar-refractivity contribution is -0.117. The Kier molecular flexibility index (Phi) is 5.03. The molecule has 0 spiro atoms. The first kappa shape index (κ1) is 18.4. The summed E-state index contributed by atoms with van der Waals surface area (Å²) in [5, 5.41) is 2.99. The monoisotopic (exact) mass is 356 g/mol. The number of pyridine rings is 1. The van der Waals surface area contributed by atoms with Gasteiger partial charge in [0, 0.05) is 13.0 Å². The first-order chi connectivity index (χ1) is 12.2. The predicted molar refractivity (Wildman–Crippen MR) is 102 cm³/mol. The van der Waals surface area contributed by atoms with Crippen LogP contribution in [0.2, 0.25) is 0 Å². The third kappa shape index (κ3) is 4.23. The van der Waals surface area contributed by atoms with Gasteiger partial charge < -0.3 is 14.6 Å². The first-order valence-corrected chi connectivity index (χ1v) is 9.17. The Hall–Kier alpha value is -2.37. The van der Waals surface area contributed by atoms with Crippen molar-refractivity contribution in [1.29, 1.82) is 0 Å². The number of nitrogens with one attached hydrogen (secondary N) is 1. The van der Waals surface area contributed by atoms with Crippen LogP contribution < -0.4 is 10.2 Å². The largest absolute Gasteiger partial charge is 0.446 e. The molecule has 140 valence electrons. The summed E-state index contributed by atoms with van der Waals surface area (Å²) < 4.78 is 5.50. The highest BCUT2D eigenvalue weighted by molar-refractivity contribution is 5.91. The van der Waals surface area contributed by atoms with Crippen LogP contribution in [-0.4, -0.2) is 22.4 Å². The summed E-state index contributed by atoms with van der Waals surface area (Å²) in [7, 11) is 0. The molecule has 1 N–H and O–H groups in total. The molecule has 6 nitrogen and oxygen atoms in total. The van der Waals surface area contributed by atoms with Gasteiger partial charge in [-0.05, 0) is 43.7 Å². The zero-order valence-electron chi connectivity index (χ0n) is 16.3. The van der Waals surface area contributed by atoms with E-state index in [4.69, 9.17) is 9.40 Å². The quantitative estimate of drug-likeness (QED) is 0.896. The number of carbonyl (C=O) groups excluding carboxylic acids is 1. The molecule has 0 saturated heterocycles. The van der Waals surface area contributed by atoms with E-state index in [1.54, 1.807) is 0 Å². The summed E-state index contributed by atoms with van der Waals surface area (Å²) in [6.07, 6.45) is 3.92. The number of hydrogen-bond acceptors (Lipinski definition) is 5. The van der Waals surface area contributed by atoms with Crippen LogP contribution in [0.15, 0.2) is 16.9 Å². The molecule has 0 aliphatic carbocycles. The number of hydrogen-bond donors (Lipinski definition) is 1. The lowest BCUT2D eigenvalue weighted by Crippen LogP contribution is -2.30. The van der Waals surface area contributed by atoms with Crippen LogP contribution in [0, 0.1) is 19.3 Å². The minimum absolute atomic E-state index is 0.0120. The van der Waals surface area contributed by atoms with Gasteiger partial charge in [-0.3, -0.25) is 4.79 Å². The Morgan fingerprint density at radius 2 is 2.12 bits per heavy atom. The number of amides is 1. The zero-order valence-corrected chi connectivity index (χ0v) is 16.3. The summed E-state index contributed by atoms with van der Waals surface area (Å²) in [6.45, 7) is 11.8. The molecule has 1 aliphatic rings. The lowest BCUT2D eigenvalue weighted by atomic mass is 9.92. The van der Waals surface area contributed by atoms with Crippen molar-refractivity contribution >= 4 is 17.4 Å². The summed E-state index contributed by atoms with van der Waals surface area (Å²) in [5.74, 6) is 1.58. The number of rotatable bonds is 4. The van der Waals surface area contributed by atoms with Gasteiger partial charge in [-0.25, -0.2) is 9.97 Å². The smallest absolute Gasteiger partial charge is 0.226 e. The number of fused-ring (bicyclic) bond motifs is 1. The Morgan fingerprint density at radius 3 is 2.77 bits per heavy atom. The fourth-order valence-electron chi connectivity index (χ4n) is 3.25. The molecule has 0 fully saturated rings. The van der Waals surface area contributed by atoms with E-state index < -0.39 is 0 Å². The minimum Gasteiger partial charge on any atom is -0.446 e. The molecular weight excluding hydrogens is 328 g/mol. The molecule has 0 saturated carbocycles. The molecule has 0 unspecified atom stereocenters. The third-order valence-electron chi connectivity index (χ3n) is 4.58. The number of nitrogens with zero attached hydrogens (tertiary/aromatic N) is 3. The maximum Gasteiger partial charge on any atom is 0.226 e. The van der Waals surface area contributed by atoms with Crippen LogP contribution in [0.5, 0.6) is 0 Å². The molecular formula is C20H28N4O2. The van der Waals surface area contributed by atoms with E-state index in [0.717, 1.165) is 47.8 Å². The van der Waals surface area contributed by atoms with E-state index in [-0.39, 0.29) is 11.3 Å². The Balaban J connectivity index is 1.81. The van der Waals surface area contributed by atoms with Crippen LogP contribution in [0.3, 0.4) is 0 Å². The van der Waals surface area contributed by atoms with E-state index in [1.807, 2.05) is 13.8 Å². The van der Waals surface area contributed by atoms with Crippen molar-refractivity contribution in [2.24, 2.45) is 5.41 Å². The van der Waals surface area contributed by atoms with Crippen molar-refractivity contribution in [3.05, 3.63) is 35.2 Å².